The molecule has 2 unspecified atom stereocenters. The Hall–Kier alpha value is -5.78. The second-order valence-electron chi connectivity index (χ2n) is 26.3. The molecule has 3 nitrogen and oxygen atoms in total. The third kappa shape index (κ3) is 6.95. The Labute approximate surface area is 429 Å². The van der Waals surface area contributed by atoms with Crippen LogP contribution in [0.15, 0.2) is 133 Å². The molecule has 0 bridgehead atoms. The molecule has 1 saturated carbocycles. The van der Waals surface area contributed by atoms with Gasteiger partial charge in [0.2, 0.25) is 0 Å². The van der Waals surface area contributed by atoms with Crippen LogP contribution in [0.5, 0.6) is 0 Å². The van der Waals surface area contributed by atoms with E-state index in [1.807, 2.05) is 11.3 Å². The van der Waals surface area contributed by atoms with Gasteiger partial charge in [-0.2, -0.15) is 0 Å². The lowest BCUT2D eigenvalue weighted by Gasteiger charge is -2.51. The first kappa shape index (κ1) is 46.3. The number of anilines is 8. The van der Waals surface area contributed by atoms with Crippen molar-refractivity contribution in [2.24, 2.45) is 0 Å². The molecule has 2 atom stereocenters. The van der Waals surface area contributed by atoms with Gasteiger partial charge in [-0.15, -0.1) is 11.3 Å². The van der Waals surface area contributed by atoms with Crippen LogP contribution in [0.4, 0.5) is 45.5 Å². The predicted molar refractivity (Wildman–Crippen MR) is 311 cm³/mol. The van der Waals surface area contributed by atoms with Gasteiger partial charge in [0, 0.05) is 71.1 Å². The first-order valence-corrected chi connectivity index (χ1v) is 27.3. The monoisotopic (exact) mass is 950 g/mol. The van der Waals surface area contributed by atoms with E-state index in [0.717, 1.165) is 6.42 Å². The fourth-order valence-electron chi connectivity index (χ4n) is 13.2. The zero-order valence-corrected chi connectivity index (χ0v) is 45.7. The Balaban J connectivity index is 1.21. The van der Waals surface area contributed by atoms with Crippen molar-refractivity contribution in [1.29, 1.82) is 0 Å². The number of benzene rings is 7. The van der Waals surface area contributed by atoms with Crippen LogP contribution in [0.3, 0.4) is 0 Å². The highest BCUT2D eigenvalue weighted by molar-refractivity contribution is 7.25. The van der Waals surface area contributed by atoms with Crippen LogP contribution in [-0.4, -0.2) is 12.3 Å². The van der Waals surface area contributed by atoms with Gasteiger partial charge in [-0.05, 0) is 152 Å². The van der Waals surface area contributed by atoms with Gasteiger partial charge in [0.05, 0.1) is 5.54 Å². The van der Waals surface area contributed by atoms with Crippen molar-refractivity contribution in [1.82, 2.24) is 0 Å². The van der Waals surface area contributed by atoms with E-state index in [1.54, 1.807) is 0 Å². The van der Waals surface area contributed by atoms with Crippen LogP contribution in [0, 0.1) is 0 Å². The van der Waals surface area contributed by atoms with Crippen molar-refractivity contribution in [3.05, 3.63) is 161 Å². The van der Waals surface area contributed by atoms with Crippen LogP contribution in [0.25, 0.3) is 20.2 Å². The van der Waals surface area contributed by atoms with E-state index in [4.69, 9.17) is 0 Å². The molecular formula is C66H72BN3S. The number of thiophene rings is 1. The normalized spacial score (nSPS) is 19.7. The summed E-state index contributed by atoms with van der Waals surface area (Å²) in [7, 11) is 0. The quantitative estimate of drug-likeness (QED) is 0.163. The van der Waals surface area contributed by atoms with Crippen molar-refractivity contribution in [2.75, 3.05) is 14.7 Å². The summed E-state index contributed by atoms with van der Waals surface area (Å²) in [4.78, 5) is 8.13. The van der Waals surface area contributed by atoms with Gasteiger partial charge in [0.25, 0.3) is 6.71 Å². The van der Waals surface area contributed by atoms with E-state index in [-0.39, 0.29) is 39.3 Å². The Morgan fingerprint density at radius 3 is 1.52 bits per heavy atom. The topological polar surface area (TPSA) is 9.72 Å². The largest absolute Gasteiger partial charge is 0.334 e. The van der Waals surface area contributed by atoms with E-state index < -0.39 is 0 Å². The third-order valence-corrected chi connectivity index (χ3v) is 18.8. The summed E-state index contributed by atoms with van der Waals surface area (Å²) in [5.41, 5.74) is 21.1. The zero-order chi connectivity index (χ0) is 49.9. The fourth-order valence-corrected chi connectivity index (χ4v) is 14.3. The van der Waals surface area contributed by atoms with Crippen molar-refractivity contribution < 1.29 is 0 Å². The molecule has 4 heterocycles. The minimum Gasteiger partial charge on any atom is -0.334 e. The minimum atomic E-state index is -0.134. The van der Waals surface area contributed by atoms with Crippen molar-refractivity contribution in [3.63, 3.8) is 0 Å². The number of nitrogens with zero attached hydrogens (tertiary/aromatic N) is 3. The first-order valence-electron chi connectivity index (χ1n) is 26.5. The summed E-state index contributed by atoms with van der Waals surface area (Å²) < 4.78 is 2.66. The second-order valence-corrected chi connectivity index (χ2v) is 27.3. The molecule has 12 rings (SSSR count). The van der Waals surface area contributed by atoms with Gasteiger partial charge < -0.3 is 14.7 Å². The molecule has 0 radical (unpaired) electrons. The molecule has 8 aromatic rings. The van der Waals surface area contributed by atoms with E-state index in [1.165, 1.54) is 129 Å². The molecule has 7 aromatic carbocycles. The highest BCUT2D eigenvalue weighted by atomic mass is 32.1. The van der Waals surface area contributed by atoms with Crippen molar-refractivity contribution >= 4 is 100 Å². The molecular weight excluding hydrogens is 878 g/mol. The molecule has 3 aliphatic heterocycles. The van der Waals surface area contributed by atoms with Crippen LogP contribution in [0.2, 0.25) is 0 Å². The molecule has 0 spiro atoms. The summed E-state index contributed by atoms with van der Waals surface area (Å²) >= 11 is 1.90. The molecule has 0 saturated heterocycles. The van der Waals surface area contributed by atoms with Gasteiger partial charge in [-0.25, -0.2) is 0 Å². The Kier molecular flexibility index (Phi) is 10.0. The number of rotatable bonds is 3. The Bertz CT molecular complexity index is 3480. The molecule has 1 fully saturated rings. The minimum absolute atomic E-state index is 0.00597. The lowest BCUT2D eigenvalue weighted by molar-refractivity contribution is 0.195. The summed E-state index contributed by atoms with van der Waals surface area (Å²) in [6.07, 6.45) is 4.80. The lowest BCUT2D eigenvalue weighted by Crippen LogP contribution is -2.62. The number of hydrogen-bond donors (Lipinski definition) is 0. The van der Waals surface area contributed by atoms with E-state index in [9.17, 15) is 0 Å². The maximum Gasteiger partial charge on any atom is 0.252 e. The lowest BCUT2D eigenvalue weighted by atomic mass is 9.33. The standard InChI is InChI=1S/C66H72BN3S/c1-61(2,3)41-21-26-45(27-22-41)68-54-30-24-43(63(7,8)9)36-51(54)67-52-37-44(64(10,11)12)25-31-55(52)69(46-28-32-59-49(38-46)48-19-15-16-20-58(48)71-59)57-40-47(39-56(68)60(57)67)70-53-29-23-42(62(4,5)6)35-50(53)65(13)33-17-18-34-66(65,70)14/h15-16,19-32,35-40H,17-18,33-34H2,1-14H3. The Morgan fingerprint density at radius 1 is 0.437 bits per heavy atom. The maximum absolute atomic E-state index is 2.82. The van der Waals surface area contributed by atoms with Crippen LogP contribution in [-0.2, 0) is 27.1 Å². The maximum atomic E-state index is 2.82. The van der Waals surface area contributed by atoms with Crippen molar-refractivity contribution in [3.8, 4) is 0 Å². The van der Waals surface area contributed by atoms with Crippen LogP contribution < -0.4 is 31.1 Å². The molecule has 360 valence electrons. The average Bonchev–Trinajstić information content (AvgIpc) is 3.78. The zero-order valence-electron chi connectivity index (χ0n) is 44.9. The summed E-state index contributed by atoms with van der Waals surface area (Å²) in [5, 5.41) is 2.64. The molecule has 0 amide bonds. The van der Waals surface area contributed by atoms with Gasteiger partial charge in [-0.3, -0.25) is 0 Å². The Morgan fingerprint density at radius 2 is 0.930 bits per heavy atom. The van der Waals surface area contributed by atoms with Gasteiger partial charge in [0.1, 0.15) is 0 Å². The highest BCUT2D eigenvalue weighted by Crippen LogP contribution is 2.62. The molecule has 1 aliphatic carbocycles. The van der Waals surface area contributed by atoms with Gasteiger partial charge in [0.15, 0.2) is 0 Å². The molecule has 4 aliphatic rings. The van der Waals surface area contributed by atoms with Crippen LogP contribution in [0.1, 0.15) is 150 Å². The smallest absolute Gasteiger partial charge is 0.252 e. The second kappa shape index (κ2) is 15.4. The van der Waals surface area contributed by atoms with Gasteiger partial charge >= 0.3 is 0 Å². The van der Waals surface area contributed by atoms with E-state index in [2.05, 4.69) is 245 Å². The van der Waals surface area contributed by atoms with Crippen LogP contribution >= 0.6 is 11.3 Å². The van der Waals surface area contributed by atoms with Gasteiger partial charge in [-0.1, -0.05) is 170 Å². The number of hydrogen-bond acceptors (Lipinski definition) is 4. The summed E-state index contributed by atoms with van der Waals surface area (Å²) in [5.74, 6) is 0. The van der Waals surface area contributed by atoms with E-state index in [0.29, 0.717) is 0 Å². The summed E-state index contributed by atoms with van der Waals surface area (Å²) in [6, 6.07) is 53.4. The predicted octanol–water partition coefficient (Wildman–Crippen LogP) is 17.1. The summed E-state index contributed by atoms with van der Waals surface area (Å²) in [6.45, 7) is 33.5. The first-order chi connectivity index (χ1) is 33.5. The molecule has 0 N–H and O–H groups in total. The molecule has 1 aromatic heterocycles. The van der Waals surface area contributed by atoms with E-state index >= 15 is 0 Å². The average molecular weight is 950 g/mol. The third-order valence-electron chi connectivity index (χ3n) is 17.6. The SMILES string of the molecule is CC(C)(C)c1ccc(N2c3ccc(C(C)(C)C)cc3B3c4cc(C(C)(C)C)ccc4N(c4ccc5sc6ccccc6c5c4)c4cc(N5c6ccc(C(C)(C)C)cc6C6(C)CCCCC56C)cc2c43)cc1. The van der Waals surface area contributed by atoms with Crippen molar-refractivity contribution in [2.45, 2.75) is 155 Å². The highest BCUT2D eigenvalue weighted by Gasteiger charge is 2.58. The fraction of sp³-hybridized carbons (Fsp3) is 0.364. The molecule has 5 heteroatoms. The number of fused-ring (bicyclic) bond motifs is 10. The molecule has 71 heavy (non-hydrogen) atoms.